The molecule has 0 fully saturated rings. The van der Waals surface area contributed by atoms with Gasteiger partial charge in [0.05, 0.1) is 0 Å². The number of benzene rings is 1. The lowest BCUT2D eigenvalue weighted by Gasteiger charge is -2.11. The second kappa shape index (κ2) is 6.86. The van der Waals surface area contributed by atoms with E-state index < -0.39 is 0 Å². The fourth-order valence-electron chi connectivity index (χ4n) is 1.76. The van der Waals surface area contributed by atoms with Gasteiger partial charge in [-0.25, -0.2) is 0 Å². The third-order valence-corrected chi connectivity index (χ3v) is 2.78. The van der Waals surface area contributed by atoms with E-state index in [9.17, 15) is 0 Å². The number of nitrogens with one attached hydrogen (secondary N) is 1. The van der Waals surface area contributed by atoms with Crippen molar-refractivity contribution in [1.29, 1.82) is 0 Å². The Kier molecular flexibility index (Phi) is 5.74. The molecule has 0 spiro atoms. The second-order valence-corrected chi connectivity index (χ2v) is 4.42. The summed E-state index contributed by atoms with van der Waals surface area (Å²) in [7, 11) is 0. The van der Waals surface area contributed by atoms with E-state index in [1.54, 1.807) is 0 Å². The molecule has 0 aliphatic heterocycles. The van der Waals surface area contributed by atoms with Crippen molar-refractivity contribution in [3.63, 3.8) is 0 Å². The van der Waals surface area contributed by atoms with Gasteiger partial charge in [0.1, 0.15) is 0 Å². The van der Waals surface area contributed by atoms with Crippen molar-refractivity contribution in [2.45, 2.75) is 39.2 Å². The van der Waals surface area contributed by atoms with Gasteiger partial charge in [-0.05, 0) is 50.4 Å². The summed E-state index contributed by atoms with van der Waals surface area (Å²) in [6.45, 7) is 5.44. The van der Waals surface area contributed by atoms with Crippen molar-refractivity contribution in [2.75, 3.05) is 6.54 Å². The van der Waals surface area contributed by atoms with Gasteiger partial charge in [0, 0.05) is 11.1 Å². The molecule has 1 aromatic rings. The van der Waals surface area contributed by atoms with Gasteiger partial charge in [-0.2, -0.15) is 0 Å². The van der Waals surface area contributed by atoms with Gasteiger partial charge in [-0.15, -0.1) is 0 Å². The lowest BCUT2D eigenvalue weighted by molar-refractivity contribution is 0.512. The van der Waals surface area contributed by atoms with Crippen LogP contribution >= 0.6 is 11.6 Å². The van der Waals surface area contributed by atoms with E-state index >= 15 is 0 Å². The second-order valence-electron chi connectivity index (χ2n) is 3.98. The normalized spacial score (nSPS) is 12.7. The van der Waals surface area contributed by atoms with E-state index in [0.717, 1.165) is 18.0 Å². The fourth-order valence-corrected chi connectivity index (χ4v) is 1.97. The first kappa shape index (κ1) is 12.5. The van der Waals surface area contributed by atoms with Gasteiger partial charge >= 0.3 is 0 Å². The number of rotatable bonds is 6. The molecule has 0 heterocycles. The van der Waals surface area contributed by atoms with E-state index in [4.69, 9.17) is 11.6 Å². The van der Waals surface area contributed by atoms with Crippen LogP contribution < -0.4 is 5.32 Å². The molecule has 0 saturated heterocycles. The van der Waals surface area contributed by atoms with Gasteiger partial charge in [0.15, 0.2) is 0 Å². The van der Waals surface area contributed by atoms with Crippen LogP contribution in [0.15, 0.2) is 24.3 Å². The maximum Gasteiger partial charge on any atom is 0.0408 e. The summed E-state index contributed by atoms with van der Waals surface area (Å²) in [5.74, 6) is 0. The Morgan fingerprint density at radius 2 is 2.20 bits per heavy atom. The van der Waals surface area contributed by atoms with Crippen LogP contribution in [0.1, 0.15) is 32.3 Å². The highest BCUT2D eigenvalue weighted by molar-refractivity contribution is 6.30. The molecular weight excluding hydrogens is 206 g/mol. The zero-order valence-corrected chi connectivity index (χ0v) is 10.3. The van der Waals surface area contributed by atoms with Crippen LogP contribution in [-0.2, 0) is 6.42 Å². The van der Waals surface area contributed by atoms with Gasteiger partial charge in [0.25, 0.3) is 0 Å². The third-order valence-electron chi connectivity index (χ3n) is 2.54. The first-order valence-corrected chi connectivity index (χ1v) is 6.08. The number of hydrogen-bond donors (Lipinski definition) is 1. The molecule has 2 heteroatoms. The molecule has 0 aliphatic rings. The van der Waals surface area contributed by atoms with Crippen LogP contribution in [0.2, 0.25) is 5.02 Å². The van der Waals surface area contributed by atoms with Crippen LogP contribution in [0.5, 0.6) is 0 Å². The minimum absolute atomic E-state index is 0.620. The zero-order chi connectivity index (χ0) is 11.1. The summed E-state index contributed by atoms with van der Waals surface area (Å²) in [6.07, 6.45) is 3.56. The fraction of sp³-hybridized carbons (Fsp3) is 0.538. The van der Waals surface area contributed by atoms with Gasteiger partial charge in [-0.3, -0.25) is 0 Å². The molecule has 1 unspecified atom stereocenters. The monoisotopic (exact) mass is 225 g/mol. The predicted octanol–water partition coefficient (Wildman–Crippen LogP) is 3.66. The molecule has 0 radical (unpaired) electrons. The Morgan fingerprint density at radius 1 is 1.40 bits per heavy atom. The molecule has 84 valence electrons. The Bertz CT molecular complexity index is 286. The molecule has 1 rings (SSSR count). The molecule has 1 atom stereocenters. The first-order chi connectivity index (χ1) is 7.22. The van der Waals surface area contributed by atoms with E-state index in [-0.39, 0.29) is 0 Å². The summed E-state index contributed by atoms with van der Waals surface area (Å²) in [5, 5.41) is 4.26. The van der Waals surface area contributed by atoms with Gasteiger partial charge in [0.2, 0.25) is 0 Å². The largest absolute Gasteiger partial charge is 0.315 e. The average molecular weight is 226 g/mol. The molecule has 15 heavy (non-hydrogen) atoms. The molecular formula is C13H20ClN. The van der Waals surface area contributed by atoms with Crippen LogP contribution in [0.4, 0.5) is 0 Å². The van der Waals surface area contributed by atoms with E-state index in [0.29, 0.717) is 6.04 Å². The summed E-state index contributed by atoms with van der Waals surface area (Å²) >= 11 is 5.92. The Morgan fingerprint density at radius 3 is 2.87 bits per heavy atom. The van der Waals surface area contributed by atoms with E-state index in [1.807, 2.05) is 12.1 Å². The number of aryl methyl sites for hydroxylation is 1. The summed E-state index contributed by atoms with van der Waals surface area (Å²) in [6, 6.07) is 8.76. The van der Waals surface area contributed by atoms with E-state index in [2.05, 4.69) is 31.3 Å². The van der Waals surface area contributed by atoms with Crippen molar-refractivity contribution in [1.82, 2.24) is 5.32 Å². The van der Waals surface area contributed by atoms with Crippen LogP contribution in [0, 0.1) is 0 Å². The summed E-state index contributed by atoms with van der Waals surface area (Å²) in [5.41, 5.74) is 1.34. The minimum atomic E-state index is 0.620. The van der Waals surface area contributed by atoms with Crippen LogP contribution in [0.3, 0.4) is 0 Å². The summed E-state index contributed by atoms with van der Waals surface area (Å²) in [4.78, 5) is 0. The highest BCUT2D eigenvalue weighted by atomic mass is 35.5. The smallest absolute Gasteiger partial charge is 0.0408 e. The van der Waals surface area contributed by atoms with Crippen LogP contribution in [-0.4, -0.2) is 12.6 Å². The number of halogens is 1. The van der Waals surface area contributed by atoms with Crippen molar-refractivity contribution >= 4 is 11.6 Å². The minimum Gasteiger partial charge on any atom is -0.315 e. The Labute approximate surface area is 97.8 Å². The molecule has 1 nitrogen and oxygen atoms in total. The molecule has 0 bridgehead atoms. The van der Waals surface area contributed by atoms with Crippen molar-refractivity contribution in [3.8, 4) is 0 Å². The SMILES string of the molecule is CCNC(C)CCCc1cccc(Cl)c1. The van der Waals surface area contributed by atoms with E-state index in [1.165, 1.54) is 18.4 Å². The number of hydrogen-bond acceptors (Lipinski definition) is 1. The molecule has 0 aliphatic carbocycles. The third kappa shape index (κ3) is 5.19. The Hall–Kier alpha value is -0.530. The maximum atomic E-state index is 5.92. The lowest BCUT2D eigenvalue weighted by Crippen LogP contribution is -2.25. The lowest BCUT2D eigenvalue weighted by atomic mass is 10.1. The highest BCUT2D eigenvalue weighted by Crippen LogP contribution is 2.13. The molecule has 0 aromatic heterocycles. The molecule has 0 amide bonds. The molecule has 1 aromatic carbocycles. The first-order valence-electron chi connectivity index (χ1n) is 5.70. The van der Waals surface area contributed by atoms with Crippen molar-refractivity contribution in [3.05, 3.63) is 34.9 Å². The maximum absolute atomic E-state index is 5.92. The summed E-state index contributed by atoms with van der Waals surface area (Å²) < 4.78 is 0. The Balaban J connectivity index is 2.25. The topological polar surface area (TPSA) is 12.0 Å². The van der Waals surface area contributed by atoms with Crippen molar-refractivity contribution < 1.29 is 0 Å². The zero-order valence-electron chi connectivity index (χ0n) is 9.59. The van der Waals surface area contributed by atoms with Crippen LogP contribution in [0.25, 0.3) is 0 Å². The van der Waals surface area contributed by atoms with Gasteiger partial charge < -0.3 is 5.32 Å². The average Bonchev–Trinajstić information content (AvgIpc) is 2.18. The van der Waals surface area contributed by atoms with Crippen molar-refractivity contribution in [2.24, 2.45) is 0 Å². The molecule has 1 N–H and O–H groups in total. The quantitative estimate of drug-likeness (QED) is 0.779. The standard InChI is InChI=1S/C13H20ClN/c1-3-15-11(2)6-4-7-12-8-5-9-13(14)10-12/h5,8-11,15H,3-4,6-7H2,1-2H3. The predicted molar refractivity (Wildman–Crippen MR) is 67.5 cm³/mol. The highest BCUT2D eigenvalue weighted by Gasteiger charge is 2.00. The molecule has 0 saturated carbocycles. The van der Waals surface area contributed by atoms with Gasteiger partial charge in [-0.1, -0.05) is 30.7 Å².